The number of hydrogen-bond acceptors (Lipinski definition) is 4. The summed E-state index contributed by atoms with van der Waals surface area (Å²) in [4.78, 5) is 14.9. The van der Waals surface area contributed by atoms with Gasteiger partial charge in [-0.2, -0.15) is 0 Å². The van der Waals surface area contributed by atoms with Crippen LogP contribution < -0.4 is 15.8 Å². The van der Waals surface area contributed by atoms with E-state index in [2.05, 4.69) is 5.32 Å². The second-order valence-corrected chi connectivity index (χ2v) is 6.85. The fraction of sp³-hybridized carbons (Fsp3) is 0.588. The average Bonchev–Trinajstić information content (AvgIpc) is 2.77. The quantitative estimate of drug-likeness (QED) is 0.852. The summed E-state index contributed by atoms with van der Waals surface area (Å²) in [6.45, 7) is 3.19. The molecule has 4 rings (SSSR count). The summed E-state index contributed by atoms with van der Waals surface area (Å²) in [6.07, 6.45) is 3.08. The van der Waals surface area contributed by atoms with Gasteiger partial charge in [-0.1, -0.05) is 0 Å². The van der Waals surface area contributed by atoms with E-state index in [1.807, 2.05) is 17.0 Å². The van der Waals surface area contributed by atoms with Crippen molar-refractivity contribution in [1.29, 1.82) is 0 Å². The molecule has 1 aromatic rings. The number of fused-ring (bicyclic) bond motifs is 2. The summed E-state index contributed by atoms with van der Waals surface area (Å²) in [5.74, 6) is 1.50. The molecule has 0 spiro atoms. The smallest absolute Gasteiger partial charge is 0.254 e. The van der Waals surface area contributed by atoms with Crippen LogP contribution in [-0.2, 0) is 13.0 Å². The second kappa shape index (κ2) is 4.96. The van der Waals surface area contributed by atoms with Crippen molar-refractivity contribution in [3.05, 3.63) is 28.8 Å². The molecule has 0 radical (unpaired) electrons. The molecule has 1 aliphatic carbocycles. The van der Waals surface area contributed by atoms with Gasteiger partial charge in [-0.15, -0.1) is 0 Å². The molecule has 2 aliphatic heterocycles. The van der Waals surface area contributed by atoms with E-state index in [9.17, 15) is 4.79 Å². The molecular weight excluding hydrogens is 278 g/mol. The highest BCUT2D eigenvalue weighted by Crippen LogP contribution is 2.43. The van der Waals surface area contributed by atoms with E-state index in [0.717, 1.165) is 61.3 Å². The summed E-state index contributed by atoms with van der Waals surface area (Å²) in [5.41, 5.74) is 9.36. The molecule has 2 heterocycles. The molecule has 1 saturated heterocycles. The largest absolute Gasteiger partial charge is 0.496 e. The van der Waals surface area contributed by atoms with Crippen molar-refractivity contribution in [2.24, 2.45) is 11.7 Å². The van der Waals surface area contributed by atoms with Gasteiger partial charge >= 0.3 is 0 Å². The lowest BCUT2D eigenvalue weighted by atomic mass is 9.70. The fourth-order valence-corrected chi connectivity index (χ4v) is 4.18. The Morgan fingerprint density at radius 1 is 1.45 bits per heavy atom. The summed E-state index contributed by atoms with van der Waals surface area (Å²) < 4.78 is 5.45. The zero-order chi connectivity index (χ0) is 15.3. The molecule has 1 amide bonds. The van der Waals surface area contributed by atoms with Gasteiger partial charge in [-0.05, 0) is 49.4 Å². The van der Waals surface area contributed by atoms with Crippen molar-refractivity contribution in [1.82, 2.24) is 10.2 Å². The molecule has 5 nitrogen and oxygen atoms in total. The minimum Gasteiger partial charge on any atom is -0.496 e. The molecule has 0 unspecified atom stereocenters. The number of amides is 1. The van der Waals surface area contributed by atoms with Crippen molar-refractivity contribution >= 4 is 5.91 Å². The number of benzene rings is 1. The zero-order valence-corrected chi connectivity index (χ0v) is 13.0. The van der Waals surface area contributed by atoms with Gasteiger partial charge in [0.2, 0.25) is 0 Å². The standard InChI is InChI=1S/C17H23N3O2/c1-22-15-3-2-13(12-5-7-19-8-14(12)15)16(21)20-9-11-4-6-17(11,18)10-20/h2-3,11,19H,4-10,18H2,1H3/t11-,17-/m0/s1. The number of ether oxygens (including phenoxy) is 1. The first kappa shape index (κ1) is 14.0. The number of rotatable bonds is 2. The van der Waals surface area contributed by atoms with Crippen LogP contribution in [0.25, 0.3) is 0 Å². The van der Waals surface area contributed by atoms with Gasteiger partial charge < -0.3 is 20.7 Å². The Balaban J connectivity index is 1.66. The fourth-order valence-electron chi connectivity index (χ4n) is 4.18. The van der Waals surface area contributed by atoms with Crippen LogP contribution in [0, 0.1) is 5.92 Å². The predicted octanol–water partition coefficient (Wildman–Crippen LogP) is 0.904. The van der Waals surface area contributed by atoms with Gasteiger partial charge in [0.15, 0.2) is 0 Å². The topological polar surface area (TPSA) is 67.6 Å². The van der Waals surface area contributed by atoms with Crippen LogP contribution in [0.4, 0.5) is 0 Å². The van der Waals surface area contributed by atoms with Crippen LogP contribution in [0.15, 0.2) is 12.1 Å². The minimum atomic E-state index is -0.121. The highest BCUT2D eigenvalue weighted by Gasteiger charge is 2.51. The third-order valence-corrected chi connectivity index (χ3v) is 5.68. The van der Waals surface area contributed by atoms with Crippen molar-refractivity contribution in [2.75, 3.05) is 26.7 Å². The molecule has 5 heteroatoms. The van der Waals surface area contributed by atoms with Crippen LogP contribution in [0.1, 0.15) is 34.3 Å². The number of carbonyl (C=O) groups excluding carboxylic acids is 1. The molecule has 2 fully saturated rings. The monoisotopic (exact) mass is 301 g/mol. The molecule has 1 aromatic carbocycles. The predicted molar refractivity (Wildman–Crippen MR) is 84.0 cm³/mol. The summed E-state index contributed by atoms with van der Waals surface area (Å²) in [7, 11) is 1.68. The number of likely N-dealkylation sites (tertiary alicyclic amines) is 1. The normalized spacial score (nSPS) is 29.5. The Morgan fingerprint density at radius 3 is 2.95 bits per heavy atom. The first-order valence-electron chi connectivity index (χ1n) is 8.10. The first-order chi connectivity index (χ1) is 10.6. The molecule has 2 atom stereocenters. The van der Waals surface area contributed by atoms with Crippen LogP contribution >= 0.6 is 0 Å². The molecule has 118 valence electrons. The Kier molecular flexibility index (Phi) is 3.16. The Hall–Kier alpha value is -1.59. The van der Waals surface area contributed by atoms with Crippen molar-refractivity contribution in [3.8, 4) is 5.75 Å². The Bertz CT molecular complexity index is 631. The molecule has 1 saturated carbocycles. The minimum absolute atomic E-state index is 0.121. The Morgan fingerprint density at radius 2 is 2.32 bits per heavy atom. The van der Waals surface area contributed by atoms with E-state index in [0.29, 0.717) is 12.5 Å². The molecular formula is C17H23N3O2. The van der Waals surface area contributed by atoms with Gasteiger partial charge in [-0.25, -0.2) is 0 Å². The van der Waals surface area contributed by atoms with Gasteiger partial charge in [0, 0.05) is 36.3 Å². The highest BCUT2D eigenvalue weighted by molar-refractivity contribution is 5.96. The van der Waals surface area contributed by atoms with Crippen LogP contribution in [0.5, 0.6) is 5.75 Å². The maximum Gasteiger partial charge on any atom is 0.254 e. The van der Waals surface area contributed by atoms with Crippen LogP contribution in [0.3, 0.4) is 0 Å². The number of hydrogen-bond donors (Lipinski definition) is 2. The van der Waals surface area contributed by atoms with Crippen LogP contribution in [-0.4, -0.2) is 43.1 Å². The summed E-state index contributed by atoms with van der Waals surface area (Å²) in [6, 6.07) is 3.84. The maximum absolute atomic E-state index is 13.0. The van der Waals surface area contributed by atoms with Gasteiger partial charge in [0.05, 0.1) is 7.11 Å². The van der Waals surface area contributed by atoms with Crippen LogP contribution in [0.2, 0.25) is 0 Å². The Labute approximate surface area is 130 Å². The highest BCUT2D eigenvalue weighted by atomic mass is 16.5. The van der Waals surface area contributed by atoms with E-state index in [4.69, 9.17) is 10.5 Å². The number of nitrogens with two attached hydrogens (primary N) is 1. The lowest BCUT2D eigenvalue weighted by Crippen LogP contribution is -2.54. The van der Waals surface area contributed by atoms with Gasteiger partial charge in [0.25, 0.3) is 5.91 Å². The number of nitrogens with one attached hydrogen (secondary N) is 1. The third kappa shape index (κ3) is 1.96. The SMILES string of the molecule is COc1ccc(C(=O)N2C[C@@H]3CC[C@]3(N)C2)c2c1CNCC2. The lowest BCUT2D eigenvalue weighted by Gasteiger charge is -2.39. The third-order valence-electron chi connectivity index (χ3n) is 5.68. The molecule has 0 aromatic heterocycles. The van der Waals surface area contributed by atoms with Gasteiger partial charge in [0.1, 0.15) is 5.75 Å². The van der Waals surface area contributed by atoms with E-state index in [1.54, 1.807) is 7.11 Å². The molecule has 0 bridgehead atoms. The molecule has 3 N–H and O–H groups in total. The van der Waals surface area contributed by atoms with E-state index < -0.39 is 0 Å². The zero-order valence-electron chi connectivity index (χ0n) is 13.0. The second-order valence-electron chi connectivity index (χ2n) is 6.85. The van der Waals surface area contributed by atoms with Crippen molar-refractivity contribution < 1.29 is 9.53 Å². The maximum atomic E-state index is 13.0. The number of methoxy groups -OCH3 is 1. The van der Waals surface area contributed by atoms with Crippen molar-refractivity contribution in [3.63, 3.8) is 0 Å². The lowest BCUT2D eigenvalue weighted by molar-refractivity contribution is 0.0783. The first-order valence-corrected chi connectivity index (χ1v) is 8.10. The van der Waals surface area contributed by atoms with Gasteiger partial charge in [-0.3, -0.25) is 4.79 Å². The number of carbonyl (C=O) groups is 1. The molecule has 3 aliphatic rings. The van der Waals surface area contributed by atoms with E-state index in [-0.39, 0.29) is 11.4 Å². The average molecular weight is 301 g/mol. The van der Waals surface area contributed by atoms with E-state index in [1.165, 1.54) is 0 Å². The summed E-state index contributed by atoms with van der Waals surface area (Å²) in [5, 5.41) is 3.36. The summed E-state index contributed by atoms with van der Waals surface area (Å²) >= 11 is 0. The van der Waals surface area contributed by atoms with Crippen molar-refractivity contribution in [2.45, 2.75) is 31.3 Å². The molecule has 22 heavy (non-hydrogen) atoms. The number of nitrogens with zero attached hydrogens (tertiary/aromatic N) is 1. The van der Waals surface area contributed by atoms with E-state index >= 15 is 0 Å².